The van der Waals surface area contributed by atoms with Crippen molar-refractivity contribution in [1.29, 1.82) is 0 Å². The first-order chi connectivity index (χ1) is 8.18. The number of rotatable bonds is 3. The fourth-order valence-electron chi connectivity index (χ4n) is 1.38. The van der Waals surface area contributed by atoms with Gasteiger partial charge in [-0.1, -0.05) is 24.3 Å². The van der Waals surface area contributed by atoms with Gasteiger partial charge in [0.2, 0.25) is 0 Å². The summed E-state index contributed by atoms with van der Waals surface area (Å²) in [5.74, 6) is -0.0965. The molecule has 4 heteroatoms. The number of benzene rings is 2. The van der Waals surface area contributed by atoms with Crippen molar-refractivity contribution in [2.45, 2.75) is 0 Å². The summed E-state index contributed by atoms with van der Waals surface area (Å²) in [7, 11) is 0. The number of para-hydroxylation sites is 2. The van der Waals surface area contributed by atoms with E-state index in [1.165, 1.54) is 6.07 Å². The Hall–Kier alpha value is -1.81. The first kappa shape index (κ1) is 11.7. The van der Waals surface area contributed by atoms with Crippen LogP contribution in [-0.4, -0.2) is 11.1 Å². The quantitative estimate of drug-likeness (QED) is 0.932. The third kappa shape index (κ3) is 2.65. The molecule has 0 saturated carbocycles. The van der Waals surface area contributed by atoms with Gasteiger partial charge < -0.3 is 9.84 Å². The maximum absolute atomic E-state index is 11.0. The highest BCUT2D eigenvalue weighted by molar-refractivity contribution is 9.10. The second-order valence-electron chi connectivity index (χ2n) is 3.33. The van der Waals surface area contributed by atoms with Crippen LogP contribution in [0.4, 0.5) is 0 Å². The number of hydrogen-bond acceptors (Lipinski definition) is 2. The third-order valence-corrected chi connectivity index (χ3v) is 2.83. The van der Waals surface area contributed by atoms with Gasteiger partial charge in [0.1, 0.15) is 17.1 Å². The van der Waals surface area contributed by atoms with Gasteiger partial charge in [-0.3, -0.25) is 0 Å². The standard InChI is InChI=1S/C13H9BrO3/c14-10-6-2-4-8-12(10)17-11-7-3-1-5-9(11)13(15)16/h1-8H,(H,15,16). The fraction of sp³-hybridized carbons (Fsp3) is 0. The predicted molar refractivity (Wildman–Crippen MR) is 67.6 cm³/mol. The molecule has 1 N–H and O–H groups in total. The number of ether oxygens (including phenoxy) is 1. The summed E-state index contributed by atoms with van der Waals surface area (Å²) in [5.41, 5.74) is 0.142. The molecule has 17 heavy (non-hydrogen) atoms. The molecule has 0 atom stereocenters. The Morgan fingerprint density at radius 3 is 2.24 bits per heavy atom. The van der Waals surface area contributed by atoms with Crippen molar-refractivity contribution in [3.63, 3.8) is 0 Å². The molecule has 0 aromatic heterocycles. The number of halogens is 1. The van der Waals surface area contributed by atoms with Gasteiger partial charge in [0, 0.05) is 0 Å². The monoisotopic (exact) mass is 292 g/mol. The molecule has 0 unspecified atom stereocenters. The molecule has 0 saturated heterocycles. The van der Waals surface area contributed by atoms with E-state index in [2.05, 4.69) is 15.9 Å². The second kappa shape index (κ2) is 5.01. The van der Waals surface area contributed by atoms with E-state index in [0.717, 1.165) is 4.47 Å². The second-order valence-corrected chi connectivity index (χ2v) is 4.19. The van der Waals surface area contributed by atoms with Gasteiger partial charge in [-0.25, -0.2) is 4.79 Å². The van der Waals surface area contributed by atoms with Gasteiger partial charge in [0.15, 0.2) is 0 Å². The topological polar surface area (TPSA) is 46.5 Å². The van der Waals surface area contributed by atoms with Crippen molar-refractivity contribution in [2.75, 3.05) is 0 Å². The van der Waals surface area contributed by atoms with E-state index < -0.39 is 5.97 Å². The number of carboxylic acids is 1. The van der Waals surface area contributed by atoms with E-state index >= 15 is 0 Å². The highest BCUT2D eigenvalue weighted by atomic mass is 79.9. The summed E-state index contributed by atoms with van der Waals surface area (Å²) in [6, 6.07) is 13.8. The Kier molecular flexibility index (Phi) is 3.44. The summed E-state index contributed by atoms with van der Waals surface area (Å²) in [6.07, 6.45) is 0. The summed E-state index contributed by atoms with van der Waals surface area (Å²) >= 11 is 3.34. The molecular formula is C13H9BrO3. The molecule has 0 heterocycles. The molecule has 0 aliphatic carbocycles. The lowest BCUT2D eigenvalue weighted by molar-refractivity contribution is 0.0694. The molecule has 0 spiro atoms. The highest BCUT2D eigenvalue weighted by Gasteiger charge is 2.11. The van der Waals surface area contributed by atoms with Crippen molar-refractivity contribution >= 4 is 21.9 Å². The molecule has 3 nitrogen and oxygen atoms in total. The fourth-order valence-corrected chi connectivity index (χ4v) is 1.74. The van der Waals surface area contributed by atoms with E-state index in [1.54, 1.807) is 24.3 Å². The zero-order valence-electron chi connectivity index (χ0n) is 8.76. The Labute approximate surface area is 107 Å². The highest BCUT2D eigenvalue weighted by Crippen LogP contribution is 2.30. The third-order valence-electron chi connectivity index (χ3n) is 2.17. The van der Waals surface area contributed by atoms with Gasteiger partial charge in [-0.15, -0.1) is 0 Å². The van der Waals surface area contributed by atoms with Crippen molar-refractivity contribution in [2.24, 2.45) is 0 Å². The van der Waals surface area contributed by atoms with Gasteiger partial charge in [-0.05, 0) is 40.2 Å². The Balaban J connectivity index is 2.37. The molecule has 2 aromatic rings. The lowest BCUT2D eigenvalue weighted by atomic mass is 10.2. The normalized spacial score (nSPS) is 9.94. The lowest BCUT2D eigenvalue weighted by Crippen LogP contribution is -1.99. The summed E-state index contributed by atoms with van der Waals surface area (Å²) in [6.45, 7) is 0. The van der Waals surface area contributed by atoms with E-state index in [1.807, 2.05) is 18.2 Å². The minimum atomic E-state index is -1.01. The van der Waals surface area contributed by atoms with Crippen LogP contribution in [0, 0.1) is 0 Å². The molecule has 0 radical (unpaired) electrons. The lowest BCUT2D eigenvalue weighted by Gasteiger charge is -2.09. The van der Waals surface area contributed by atoms with Gasteiger partial charge in [0.25, 0.3) is 0 Å². The minimum Gasteiger partial charge on any atom is -0.478 e. The van der Waals surface area contributed by atoms with Crippen LogP contribution in [0.3, 0.4) is 0 Å². The van der Waals surface area contributed by atoms with Crippen LogP contribution in [0.15, 0.2) is 53.0 Å². The number of hydrogen-bond donors (Lipinski definition) is 1. The molecule has 0 aliphatic heterocycles. The maximum Gasteiger partial charge on any atom is 0.339 e. The first-order valence-corrected chi connectivity index (χ1v) is 5.72. The van der Waals surface area contributed by atoms with Crippen LogP contribution >= 0.6 is 15.9 Å². The molecule has 0 fully saturated rings. The predicted octanol–water partition coefficient (Wildman–Crippen LogP) is 3.94. The van der Waals surface area contributed by atoms with Crippen molar-refractivity contribution in [3.8, 4) is 11.5 Å². The molecule has 0 amide bonds. The van der Waals surface area contributed by atoms with Crippen LogP contribution in [0.2, 0.25) is 0 Å². The summed E-state index contributed by atoms with van der Waals surface area (Å²) in [5, 5.41) is 9.02. The molecule has 0 bridgehead atoms. The van der Waals surface area contributed by atoms with Gasteiger partial charge in [0.05, 0.1) is 4.47 Å². The van der Waals surface area contributed by atoms with Crippen LogP contribution < -0.4 is 4.74 Å². The smallest absolute Gasteiger partial charge is 0.339 e. The Bertz CT molecular complexity index is 552. The van der Waals surface area contributed by atoms with Crippen LogP contribution in [0.5, 0.6) is 11.5 Å². The number of carboxylic acid groups (broad SMARTS) is 1. The van der Waals surface area contributed by atoms with Gasteiger partial charge in [-0.2, -0.15) is 0 Å². The van der Waals surface area contributed by atoms with Crippen LogP contribution in [-0.2, 0) is 0 Å². The molecule has 0 aliphatic rings. The van der Waals surface area contributed by atoms with Crippen molar-refractivity contribution in [1.82, 2.24) is 0 Å². The Morgan fingerprint density at radius 2 is 1.59 bits per heavy atom. The molecule has 86 valence electrons. The molecule has 2 aromatic carbocycles. The SMILES string of the molecule is O=C(O)c1ccccc1Oc1ccccc1Br. The van der Waals surface area contributed by atoms with Crippen LogP contribution in [0.25, 0.3) is 0 Å². The zero-order valence-corrected chi connectivity index (χ0v) is 10.3. The molecule has 2 rings (SSSR count). The van der Waals surface area contributed by atoms with E-state index in [9.17, 15) is 4.79 Å². The largest absolute Gasteiger partial charge is 0.478 e. The summed E-state index contributed by atoms with van der Waals surface area (Å²) < 4.78 is 6.35. The average molecular weight is 293 g/mol. The van der Waals surface area contributed by atoms with E-state index in [0.29, 0.717) is 11.5 Å². The maximum atomic E-state index is 11.0. The van der Waals surface area contributed by atoms with E-state index in [4.69, 9.17) is 9.84 Å². The first-order valence-electron chi connectivity index (χ1n) is 4.93. The van der Waals surface area contributed by atoms with Gasteiger partial charge >= 0.3 is 5.97 Å². The van der Waals surface area contributed by atoms with E-state index in [-0.39, 0.29) is 5.56 Å². The van der Waals surface area contributed by atoms with Crippen molar-refractivity contribution in [3.05, 3.63) is 58.6 Å². The minimum absolute atomic E-state index is 0.142. The van der Waals surface area contributed by atoms with Crippen molar-refractivity contribution < 1.29 is 14.6 Å². The Morgan fingerprint density at radius 1 is 1.00 bits per heavy atom. The molecular weight excluding hydrogens is 284 g/mol. The average Bonchev–Trinajstić information content (AvgIpc) is 2.32. The summed E-state index contributed by atoms with van der Waals surface area (Å²) in [4.78, 5) is 11.0. The zero-order chi connectivity index (χ0) is 12.3. The number of aromatic carboxylic acids is 1. The number of carbonyl (C=O) groups is 1. The van der Waals surface area contributed by atoms with Crippen LogP contribution in [0.1, 0.15) is 10.4 Å².